The molecule has 20 heavy (non-hydrogen) atoms. The second kappa shape index (κ2) is 6.59. The molecule has 1 N–H and O–H groups in total. The molecule has 1 heterocycles. The molecule has 2 rings (SSSR count). The molecule has 0 radical (unpaired) electrons. The zero-order valence-corrected chi connectivity index (χ0v) is 13.4. The van der Waals surface area contributed by atoms with E-state index in [0.29, 0.717) is 24.0 Å². The van der Waals surface area contributed by atoms with Gasteiger partial charge in [0.1, 0.15) is 5.75 Å². The average molecular weight is 276 g/mol. The number of benzene rings is 1. The normalized spacial score (nSPS) is 29.1. The molecular weight excluding hydrogens is 248 g/mol. The Bertz CT molecular complexity index is 418. The maximum Gasteiger partial charge on any atom is 0.118 e. The Kier molecular flexibility index (Phi) is 5.06. The van der Waals surface area contributed by atoms with Crippen molar-refractivity contribution in [2.75, 3.05) is 20.7 Å². The minimum Gasteiger partial charge on any atom is -0.497 e. The van der Waals surface area contributed by atoms with Crippen LogP contribution in [0.5, 0.6) is 5.75 Å². The second-order valence-electron chi connectivity index (χ2n) is 6.27. The summed E-state index contributed by atoms with van der Waals surface area (Å²) in [6, 6.07) is 10.0. The first-order chi connectivity index (χ1) is 9.51. The highest BCUT2D eigenvalue weighted by Gasteiger charge is 2.29. The predicted molar refractivity (Wildman–Crippen MR) is 84.2 cm³/mol. The third kappa shape index (κ3) is 3.53. The van der Waals surface area contributed by atoms with Crippen LogP contribution in [0, 0.1) is 5.92 Å². The summed E-state index contributed by atoms with van der Waals surface area (Å²) >= 11 is 0. The minimum atomic E-state index is 0.379. The largest absolute Gasteiger partial charge is 0.497 e. The van der Waals surface area contributed by atoms with Crippen molar-refractivity contribution >= 4 is 0 Å². The monoisotopic (exact) mass is 276 g/mol. The maximum absolute atomic E-state index is 5.22. The molecule has 1 saturated heterocycles. The predicted octanol–water partition coefficient (Wildman–Crippen LogP) is 3.07. The van der Waals surface area contributed by atoms with Gasteiger partial charge in [-0.05, 0) is 50.9 Å². The van der Waals surface area contributed by atoms with Crippen molar-refractivity contribution in [3.8, 4) is 5.75 Å². The molecule has 0 amide bonds. The van der Waals surface area contributed by atoms with Gasteiger partial charge in [-0.3, -0.25) is 0 Å². The fourth-order valence-corrected chi connectivity index (χ4v) is 3.08. The molecule has 3 unspecified atom stereocenters. The van der Waals surface area contributed by atoms with Crippen LogP contribution in [0.3, 0.4) is 0 Å². The number of hydrogen-bond acceptors (Lipinski definition) is 3. The molecule has 1 aromatic rings. The molecule has 3 heteroatoms. The molecule has 1 aliphatic rings. The Balaban J connectivity index is 1.97. The molecule has 1 aliphatic heterocycles. The van der Waals surface area contributed by atoms with Gasteiger partial charge in [-0.1, -0.05) is 19.1 Å². The number of ether oxygens (including phenoxy) is 1. The van der Waals surface area contributed by atoms with Gasteiger partial charge in [0, 0.05) is 24.7 Å². The van der Waals surface area contributed by atoms with Crippen LogP contribution in [0.4, 0.5) is 0 Å². The molecular formula is C17H28N2O. The van der Waals surface area contributed by atoms with Gasteiger partial charge < -0.3 is 15.0 Å². The topological polar surface area (TPSA) is 24.5 Å². The highest BCUT2D eigenvalue weighted by molar-refractivity contribution is 5.28. The van der Waals surface area contributed by atoms with E-state index in [0.717, 1.165) is 5.75 Å². The summed E-state index contributed by atoms with van der Waals surface area (Å²) in [6.45, 7) is 8.09. The van der Waals surface area contributed by atoms with E-state index < -0.39 is 0 Å². The van der Waals surface area contributed by atoms with E-state index in [2.05, 4.69) is 50.2 Å². The summed E-state index contributed by atoms with van der Waals surface area (Å²) in [7, 11) is 3.93. The Hall–Kier alpha value is -1.06. The van der Waals surface area contributed by atoms with Crippen molar-refractivity contribution in [2.45, 2.75) is 45.3 Å². The number of likely N-dealkylation sites (tertiary alicyclic amines) is 1. The average Bonchev–Trinajstić information content (AvgIpc) is 2.44. The van der Waals surface area contributed by atoms with Gasteiger partial charge in [0.25, 0.3) is 0 Å². The van der Waals surface area contributed by atoms with Crippen molar-refractivity contribution < 1.29 is 4.74 Å². The molecule has 0 spiro atoms. The van der Waals surface area contributed by atoms with Crippen molar-refractivity contribution in [2.24, 2.45) is 5.92 Å². The molecule has 1 aromatic carbocycles. The highest BCUT2D eigenvalue weighted by Crippen LogP contribution is 2.24. The number of piperidine rings is 1. The number of hydrogen-bond donors (Lipinski definition) is 1. The van der Waals surface area contributed by atoms with E-state index in [-0.39, 0.29) is 0 Å². The van der Waals surface area contributed by atoms with Gasteiger partial charge in [0.2, 0.25) is 0 Å². The quantitative estimate of drug-likeness (QED) is 0.914. The zero-order valence-electron chi connectivity index (χ0n) is 13.4. The summed E-state index contributed by atoms with van der Waals surface area (Å²) in [5, 5.41) is 3.81. The van der Waals surface area contributed by atoms with Crippen molar-refractivity contribution in [3.05, 3.63) is 29.8 Å². The van der Waals surface area contributed by atoms with Gasteiger partial charge in [0.15, 0.2) is 0 Å². The van der Waals surface area contributed by atoms with E-state index in [4.69, 9.17) is 4.74 Å². The van der Waals surface area contributed by atoms with Crippen LogP contribution >= 0.6 is 0 Å². The van der Waals surface area contributed by atoms with Crippen LogP contribution in [-0.4, -0.2) is 37.7 Å². The third-order valence-corrected chi connectivity index (χ3v) is 4.69. The van der Waals surface area contributed by atoms with E-state index in [1.54, 1.807) is 7.11 Å². The second-order valence-corrected chi connectivity index (χ2v) is 6.27. The molecule has 4 atom stereocenters. The fourth-order valence-electron chi connectivity index (χ4n) is 3.08. The summed E-state index contributed by atoms with van der Waals surface area (Å²) < 4.78 is 5.22. The lowest BCUT2D eigenvalue weighted by molar-refractivity contribution is 0.116. The van der Waals surface area contributed by atoms with Crippen molar-refractivity contribution in [3.63, 3.8) is 0 Å². The standard InChI is InChI=1S/C17H28N2O/c1-12-11-19(4)13(2)10-17(12)18-14(3)15-6-8-16(20-5)9-7-15/h6-9,12-14,17-18H,10-11H2,1-5H3/t12?,13?,14-,17?/m0/s1. The molecule has 3 nitrogen and oxygen atoms in total. The number of rotatable bonds is 4. The Morgan fingerprint density at radius 1 is 1.25 bits per heavy atom. The van der Waals surface area contributed by atoms with Gasteiger partial charge >= 0.3 is 0 Å². The highest BCUT2D eigenvalue weighted by atomic mass is 16.5. The first-order valence-electron chi connectivity index (χ1n) is 7.61. The summed E-state index contributed by atoms with van der Waals surface area (Å²) in [5.41, 5.74) is 1.32. The van der Waals surface area contributed by atoms with Gasteiger partial charge in [-0.25, -0.2) is 0 Å². The van der Waals surface area contributed by atoms with Gasteiger partial charge in [-0.2, -0.15) is 0 Å². The number of methoxy groups -OCH3 is 1. The Morgan fingerprint density at radius 3 is 2.50 bits per heavy atom. The lowest BCUT2D eigenvalue weighted by Crippen LogP contribution is -2.51. The van der Waals surface area contributed by atoms with Crippen molar-refractivity contribution in [1.82, 2.24) is 10.2 Å². The lowest BCUT2D eigenvalue weighted by atomic mass is 9.89. The van der Waals surface area contributed by atoms with Crippen LogP contribution < -0.4 is 10.1 Å². The molecule has 0 aliphatic carbocycles. The number of nitrogens with one attached hydrogen (secondary N) is 1. The first kappa shape index (κ1) is 15.3. The molecule has 0 saturated carbocycles. The number of nitrogens with zero attached hydrogens (tertiary/aromatic N) is 1. The SMILES string of the molecule is COc1ccc([C@H](C)NC2CC(C)N(C)CC2C)cc1. The molecule has 0 aromatic heterocycles. The van der Waals surface area contributed by atoms with Crippen LogP contribution in [0.1, 0.15) is 38.8 Å². The smallest absolute Gasteiger partial charge is 0.118 e. The van der Waals surface area contributed by atoms with E-state index in [1.165, 1.54) is 18.5 Å². The van der Waals surface area contributed by atoms with Crippen LogP contribution in [0.2, 0.25) is 0 Å². The Morgan fingerprint density at radius 2 is 1.90 bits per heavy atom. The van der Waals surface area contributed by atoms with E-state index in [9.17, 15) is 0 Å². The summed E-state index contributed by atoms with van der Waals surface area (Å²) in [6.07, 6.45) is 1.22. The lowest BCUT2D eigenvalue weighted by Gasteiger charge is -2.41. The zero-order chi connectivity index (χ0) is 14.7. The Labute approximate surface area is 123 Å². The molecule has 0 bridgehead atoms. The van der Waals surface area contributed by atoms with Crippen molar-refractivity contribution in [1.29, 1.82) is 0 Å². The minimum absolute atomic E-state index is 0.379. The molecule has 1 fully saturated rings. The summed E-state index contributed by atoms with van der Waals surface area (Å²) in [4.78, 5) is 2.46. The third-order valence-electron chi connectivity index (χ3n) is 4.69. The van der Waals surface area contributed by atoms with Crippen LogP contribution in [0.25, 0.3) is 0 Å². The first-order valence-corrected chi connectivity index (χ1v) is 7.61. The summed E-state index contributed by atoms with van der Waals surface area (Å²) in [5.74, 6) is 1.61. The van der Waals surface area contributed by atoms with E-state index >= 15 is 0 Å². The maximum atomic E-state index is 5.22. The fraction of sp³-hybridized carbons (Fsp3) is 0.647. The molecule has 112 valence electrons. The van der Waals surface area contributed by atoms with E-state index in [1.807, 2.05) is 12.1 Å². The van der Waals surface area contributed by atoms with Gasteiger partial charge in [-0.15, -0.1) is 0 Å². The van der Waals surface area contributed by atoms with Crippen LogP contribution in [-0.2, 0) is 0 Å². The van der Waals surface area contributed by atoms with Gasteiger partial charge in [0.05, 0.1) is 7.11 Å². The van der Waals surface area contributed by atoms with Crippen LogP contribution in [0.15, 0.2) is 24.3 Å².